The molecule has 1 heterocycles. The number of nitrogens with one attached hydrogen (secondary N) is 1. The van der Waals surface area contributed by atoms with Crippen LogP contribution in [0.15, 0.2) is 83.3 Å². The van der Waals surface area contributed by atoms with Crippen molar-refractivity contribution in [2.75, 3.05) is 10.2 Å². The second kappa shape index (κ2) is 9.81. The van der Waals surface area contributed by atoms with Gasteiger partial charge in [-0.15, -0.1) is 0 Å². The van der Waals surface area contributed by atoms with Crippen molar-refractivity contribution in [3.63, 3.8) is 0 Å². The lowest BCUT2D eigenvalue weighted by Gasteiger charge is -2.24. The maximum atomic E-state index is 13.4. The van der Waals surface area contributed by atoms with Gasteiger partial charge in [0.1, 0.15) is 6.04 Å². The third-order valence-electron chi connectivity index (χ3n) is 5.11. The molecule has 4 rings (SSSR count). The van der Waals surface area contributed by atoms with Crippen LogP contribution >= 0.6 is 39.7 Å². The van der Waals surface area contributed by atoms with E-state index in [4.69, 9.17) is 23.8 Å². The molecule has 1 unspecified atom stereocenters. The fourth-order valence-electron chi connectivity index (χ4n) is 3.54. The quantitative estimate of drug-likeness (QED) is 0.421. The first-order valence-electron chi connectivity index (χ1n) is 9.92. The molecule has 2 amide bonds. The number of halogens is 2. The lowest BCUT2D eigenvalue weighted by atomic mass is 10.1. The average Bonchev–Trinajstić information content (AvgIpc) is 3.01. The van der Waals surface area contributed by atoms with Crippen molar-refractivity contribution in [2.45, 2.75) is 19.0 Å². The Morgan fingerprint density at radius 2 is 1.66 bits per heavy atom. The van der Waals surface area contributed by atoms with E-state index in [0.717, 1.165) is 10.0 Å². The van der Waals surface area contributed by atoms with Crippen LogP contribution in [0.5, 0.6) is 0 Å². The highest BCUT2D eigenvalue weighted by Gasteiger charge is 2.44. The van der Waals surface area contributed by atoms with Gasteiger partial charge in [0.25, 0.3) is 5.91 Å². The molecule has 3 aromatic carbocycles. The Labute approximate surface area is 205 Å². The zero-order valence-corrected chi connectivity index (χ0v) is 20.0. The van der Waals surface area contributed by atoms with Gasteiger partial charge < -0.3 is 10.2 Å². The van der Waals surface area contributed by atoms with Gasteiger partial charge >= 0.3 is 0 Å². The molecular formula is C24H19BrClN3O2S. The fraction of sp³-hybridized carbons (Fsp3) is 0.125. The summed E-state index contributed by atoms with van der Waals surface area (Å²) in [6.45, 7) is 0.422. The second-order valence-corrected chi connectivity index (χ2v) is 9.04. The molecule has 1 saturated heterocycles. The smallest absolute Gasteiger partial charge is 0.256 e. The molecule has 1 aliphatic rings. The van der Waals surface area contributed by atoms with E-state index in [9.17, 15) is 9.59 Å². The zero-order chi connectivity index (χ0) is 22.7. The monoisotopic (exact) mass is 527 g/mol. The number of nitrogens with zero attached hydrogens (tertiary/aromatic N) is 2. The van der Waals surface area contributed by atoms with Gasteiger partial charge in [-0.1, -0.05) is 57.9 Å². The molecule has 0 radical (unpaired) electrons. The summed E-state index contributed by atoms with van der Waals surface area (Å²) in [5.74, 6) is -0.497. The molecular weight excluding hydrogens is 510 g/mol. The second-order valence-electron chi connectivity index (χ2n) is 7.32. The molecule has 162 valence electrons. The number of hydrogen-bond donors (Lipinski definition) is 1. The lowest BCUT2D eigenvalue weighted by molar-refractivity contribution is -0.124. The number of rotatable bonds is 6. The Bertz CT molecular complexity index is 1140. The van der Waals surface area contributed by atoms with E-state index < -0.39 is 6.04 Å². The fourth-order valence-corrected chi connectivity index (χ4v) is 4.32. The summed E-state index contributed by atoms with van der Waals surface area (Å²) in [5, 5.41) is 3.79. The topological polar surface area (TPSA) is 52.7 Å². The predicted octanol–water partition coefficient (Wildman–Crippen LogP) is 5.63. The number of carbonyl (C=O) groups is 2. The molecule has 0 saturated carbocycles. The highest BCUT2D eigenvalue weighted by molar-refractivity contribution is 9.10. The van der Waals surface area contributed by atoms with Gasteiger partial charge in [-0.05, 0) is 66.3 Å². The normalized spacial score (nSPS) is 15.9. The predicted molar refractivity (Wildman–Crippen MR) is 135 cm³/mol. The van der Waals surface area contributed by atoms with Crippen molar-refractivity contribution in [3.8, 4) is 0 Å². The first-order chi connectivity index (χ1) is 15.4. The van der Waals surface area contributed by atoms with Crippen molar-refractivity contribution in [2.24, 2.45) is 0 Å². The van der Waals surface area contributed by atoms with Crippen molar-refractivity contribution >= 4 is 68.1 Å². The van der Waals surface area contributed by atoms with Gasteiger partial charge in [-0.3, -0.25) is 14.5 Å². The van der Waals surface area contributed by atoms with Crippen LogP contribution in [0, 0.1) is 0 Å². The molecule has 8 heteroatoms. The number of benzene rings is 3. The van der Waals surface area contributed by atoms with Gasteiger partial charge in [-0.2, -0.15) is 0 Å². The summed E-state index contributed by atoms with van der Waals surface area (Å²) in [7, 11) is 0. The molecule has 5 nitrogen and oxygen atoms in total. The largest absolute Gasteiger partial charge is 0.332 e. The Balaban J connectivity index is 1.59. The summed E-state index contributed by atoms with van der Waals surface area (Å²) in [6, 6.07) is 23.2. The maximum absolute atomic E-state index is 13.4. The van der Waals surface area contributed by atoms with Gasteiger partial charge in [0.15, 0.2) is 5.11 Å². The molecule has 0 bridgehead atoms. The first kappa shape index (κ1) is 22.5. The maximum Gasteiger partial charge on any atom is 0.256 e. The Hall–Kier alpha value is -2.74. The van der Waals surface area contributed by atoms with Crippen LogP contribution in [0.1, 0.15) is 12.0 Å². The number of thiocarbonyl (C=S) groups is 1. The molecule has 1 N–H and O–H groups in total. The Morgan fingerprint density at radius 3 is 2.31 bits per heavy atom. The molecule has 0 spiro atoms. The SMILES string of the molecule is O=C(CC1C(=O)N(c2ccc(Cl)cc2)C(=S)N1Cc1ccccc1)Nc1ccc(Br)cc1. The van der Waals surface area contributed by atoms with Crippen LogP contribution < -0.4 is 10.2 Å². The number of hydrogen-bond acceptors (Lipinski definition) is 3. The summed E-state index contributed by atoms with van der Waals surface area (Å²) in [4.78, 5) is 29.5. The Kier molecular flexibility index (Phi) is 6.89. The summed E-state index contributed by atoms with van der Waals surface area (Å²) in [5.41, 5.74) is 2.28. The van der Waals surface area contributed by atoms with E-state index in [0.29, 0.717) is 28.1 Å². The third-order valence-corrected chi connectivity index (χ3v) is 6.30. The molecule has 0 aliphatic carbocycles. The van der Waals surface area contributed by atoms with Crippen LogP contribution in [0.25, 0.3) is 0 Å². The summed E-state index contributed by atoms with van der Waals surface area (Å²) < 4.78 is 0.916. The van der Waals surface area contributed by atoms with Crippen molar-refractivity contribution in [1.82, 2.24) is 4.90 Å². The third kappa shape index (κ3) is 5.01. The van der Waals surface area contributed by atoms with Crippen molar-refractivity contribution < 1.29 is 9.59 Å². The van der Waals surface area contributed by atoms with E-state index in [1.807, 2.05) is 47.4 Å². The average molecular weight is 529 g/mol. The summed E-state index contributed by atoms with van der Waals surface area (Å²) in [6.07, 6.45) is -0.0219. The minimum atomic E-state index is -0.714. The highest BCUT2D eigenvalue weighted by atomic mass is 79.9. The highest BCUT2D eigenvalue weighted by Crippen LogP contribution is 2.29. The molecule has 0 aromatic heterocycles. The minimum Gasteiger partial charge on any atom is -0.332 e. The van der Waals surface area contributed by atoms with Crippen LogP contribution in [-0.2, 0) is 16.1 Å². The zero-order valence-electron chi connectivity index (χ0n) is 16.9. The Morgan fingerprint density at radius 1 is 1.00 bits per heavy atom. The van der Waals surface area contributed by atoms with Gasteiger partial charge in [0.05, 0.1) is 12.1 Å². The van der Waals surface area contributed by atoms with Crippen LogP contribution in [-0.4, -0.2) is 27.9 Å². The molecule has 3 aromatic rings. The summed E-state index contributed by atoms with van der Waals surface area (Å²) >= 11 is 15.1. The standard InChI is InChI=1S/C24H19BrClN3O2S/c25-17-6-10-19(11-7-17)27-22(30)14-21-23(31)29(20-12-8-18(26)9-13-20)24(32)28(21)15-16-4-2-1-3-5-16/h1-13,21H,14-15H2,(H,27,30). The molecule has 32 heavy (non-hydrogen) atoms. The van der Waals surface area contributed by atoms with Gasteiger partial charge in [-0.25, -0.2) is 0 Å². The van der Waals surface area contributed by atoms with E-state index in [-0.39, 0.29) is 18.2 Å². The minimum absolute atomic E-state index is 0.0219. The molecule has 1 aliphatic heterocycles. The van der Waals surface area contributed by atoms with Crippen LogP contribution in [0.3, 0.4) is 0 Å². The van der Waals surface area contributed by atoms with E-state index >= 15 is 0 Å². The van der Waals surface area contributed by atoms with Crippen LogP contribution in [0.2, 0.25) is 5.02 Å². The van der Waals surface area contributed by atoms with E-state index in [2.05, 4.69) is 21.2 Å². The van der Waals surface area contributed by atoms with Crippen molar-refractivity contribution in [1.29, 1.82) is 0 Å². The van der Waals surface area contributed by atoms with Crippen LogP contribution in [0.4, 0.5) is 11.4 Å². The van der Waals surface area contributed by atoms with E-state index in [1.165, 1.54) is 4.90 Å². The number of anilines is 2. The molecule has 1 atom stereocenters. The van der Waals surface area contributed by atoms with Crippen molar-refractivity contribution in [3.05, 3.63) is 93.9 Å². The van der Waals surface area contributed by atoms with Gasteiger partial charge in [0, 0.05) is 21.7 Å². The van der Waals surface area contributed by atoms with E-state index in [1.54, 1.807) is 36.4 Å². The molecule has 1 fully saturated rings. The lowest BCUT2D eigenvalue weighted by Crippen LogP contribution is -2.37. The first-order valence-corrected chi connectivity index (χ1v) is 11.5. The number of amides is 2. The van der Waals surface area contributed by atoms with Gasteiger partial charge in [0.2, 0.25) is 5.91 Å². The number of carbonyl (C=O) groups excluding carboxylic acids is 2.